The van der Waals surface area contributed by atoms with Crippen LogP contribution in [0, 0.1) is 11.8 Å². The van der Waals surface area contributed by atoms with Gasteiger partial charge in [0.15, 0.2) is 0 Å². The monoisotopic (exact) mass is 183 g/mol. The quantitative estimate of drug-likeness (QED) is 0.682. The lowest BCUT2D eigenvalue weighted by Crippen LogP contribution is -2.38. The van der Waals surface area contributed by atoms with Crippen LogP contribution in [0.15, 0.2) is 0 Å². The average molecular weight is 183 g/mol. The Morgan fingerprint density at radius 2 is 2.31 bits per heavy atom. The molecule has 0 bridgehead atoms. The van der Waals surface area contributed by atoms with Crippen molar-refractivity contribution in [2.75, 3.05) is 13.2 Å². The molecule has 0 radical (unpaired) electrons. The van der Waals surface area contributed by atoms with Crippen LogP contribution >= 0.6 is 0 Å². The first-order chi connectivity index (χ1) is 6.24. The highest BCUT2D eigenvalue weighted by Gasteiger charge is 2.43. The molecule has 3 heteroatoms. The number of aliphatic hydroxyl groups is 1. The maximum Gasteiger partial charge on any atom is 0.226 e. The molecule has 1 heterocycles. The normalized spacial score (nSPS) is 38.0. The standard InChI is InChI=1S/C10H17NO2/c1-7-5-9(7)10(13)11-4-2-3-8(11)6-12/h7-9,12H,2-6H2,1H3/t7?,8-,9?/m0/s1. The number of nitrogens with zero attached hydrogens (tertiary/aromatic N) is 1. The Balaban J connectivity index is 1.95. The van der Waals surface area contributed by atoms with Gasteiger partial charge in [0.25, 0.3) is 0 Å². The first-order valence-corrected chi connectivity index (χ1v) is 5.15. The molecule has 2 unspecified atom stereocenters. The predicted molar refractivity (Wildman–Crippen MR) is 49.1 cm³/mol. The van der Waals surface area contributed by atoms with Gasteiger partial charge >= 0.3 is 0 Å². The summed E-state index contributed by atoms with van der Waals surface area (Å²) in [6.07, 6.45) is 3.08. The number of amides is 1. The van der Waals surface area contributed by atoms with E-state index >= 15 is 0 Å². The van der Waals surface area contributed by atoms with Crippen molar-refractivity contribution in [3.05, 3.63) is 0 Å². The summed E-state index contributed by atoms with van der Waals surface area (Å²) in [4.78, 5) is 13.7. The van der Waals surface area contributed by atoms with Crippen LogP contribution in [-0.2, 0) is 4.79 Å². The van der Waals surface area contributed by atoms with E-state index in [0.29, 0.717) is 5.92 Å². The zero-order valence-corrected chi connectivity index (χ0v) is 8.07. The highest BCUT2D eigenvalue weighted by atomic mass is 16.3. The lowest BCUT2D eigenvalue weighted by atomic mass is 10.2. The van der Waals surface area contributed by atoms with E-state index in [4.69, 9.17) is 5.11 Å². The molecule has 3 nitrogen and oxygen atoms in total. The maximum absolute atomic E-state index is 11.8. The van der Waals surface area contributed by atoms with Crippen molar-refractivity contribution >= 4 is 5.91 Å². The molecule has 13 heavy (non-hydrogen) atoms. The molecule has 2 fully saturated rings. The Labute approximate surface area is 78.7 Å². The van der Waals surface area contributed by atoms with Crippen LogP contribution in [-0.4, -0.2) is 35.1 Å². The summed E-state index contributed by atoms with van der Waals surface area (Å²) in [6.45, 7) is 3.10. The summed E-state index contributed by atoms with van der Waals surface area (Å²) >= 11 is 0. The summed E-state index contributed by atoms with van der Waals surface area (Å²) < 4.78 is 0. The van der Waals surface area contributed by atoms with E-state index in [1.165, 1.54) is 0 Å². The predicted octanol–water partition coefficient (Wildman–Crippen LogP) is 0.626. The van der Waals surface area contributed by atoms with Gasteiger partial charge < -0.3 is 10.0 Å². The number of rotatable bonds is 2. The molecular weight excluding hydrogens is 166 g/mol. The molecule has 1 saturated heterocycles. The Morgan fingerprint density at radius 3 is 2.85 bits per heavy atom. The van der Waals surface area contributed by atoms with E-state index in [-0.39, 0.29) is 24.5 Å². The molecule has 1 aliphatic heterocycles. The molecule has 2 aliphatic rings. The fourth-order valence-corrected chi connectivity index (χ4v) is 2.19. The van der Waals surface area contributed by atoms with Gasteiger partial charge in [-0.05, 0) is 25.2 Å². The van der Waals surface area contributed by atoms with Crippen LogP contribution in [0.5, 0.6) is 0 Å². The molecule has 3 atom stereocenters. The van der Waals surface area contributed by atoms with Crippen molar-refractivity contribution in [2.24, 2.45) is 11.8 Å². The molecule has 2 rings (SSSR count). The first-order valence-electron chi connectivity index (χ1n) is 5.15. The Hall–Kier alpha value is -0.570. The molecule has 1 N–H and O–H groups in total. The lowest BCUT2D eigenvalue weighted by molar-refractivity contribution is -0.134. The van der Waals surface area contributed by atoms with Crippen LogP contribution in [0.1, 0.15) is 26.2 Å². The van der Waals surface area contributed by atoms with E-state index in [1.54, 1.807) is 0 Å². The van der Waals surface area contributed by atoms with Crippen molar-refractivity contribution < 1.29 is 9.90 Å². The molecule has 74 valence electrons. The summed E-state index contributed by atoms with van der Waals surface area (Å²) in [6, 6.07) is 0.111. The third-order valence-corrected chi connectivity index (χ3v) is 3.30. The summed E-state index contributed by atoms with van der Waals surface area (Å²) in [5, 5.41) is 9.06. The van der Waals surface area contributed by atoms with E-state index in [1.807, 2.05) is 4.90 Å². The molecule has 0 spiro atoms. The first kappa shape index (κ1) is 9.00. The van der Waals surface area contributed by atoms with Crippen LogP contribution in [0.25, 0.3) is 0 Å². The van der Waals surface area contributed by atoms with Crippen LogP contribution in [0.2, 0.25) is 0 Å². The summed E-state index contributed by atoms with van der Waals surface area (Å²) in [5.74, 6) is 1.13. The largest absolute Gasteiger partial charge is 0.394 e. The van der Waals surface area contributed by atoms with Crippen LogP contribution < -0.4 is 0 Å². The fraction of sp³-hybridized carbons (Fsp3) is 0.900. The highest BCUT2D eigenvalue weighted by Crippen LogP contribution is 2.40. The van der Waals surface area contributed by atoms with Gasteiger partial charge in [0.05, 0.1) is 12.6 Å². The van der Waals surface area contributed by atoms with Gasteiger partial charge in [-0.25, -0.2) is 0 Å². The number of aliphatic hydroxyl groups excluding tert-OH is 1. The van der Waals surface area contributed by atoms with Crippen molar-refractivity contribution in [3.8, 4) is 0 Å². The van der Waals surface area contributed by atoms with Gasteiger partial charge in [-0.2, -0.15) is 0 Å². The average Bonchev–Trinajstić information content (AvgIpc) is 2.70. The minimum atomic E-state index is 0.111. The van der Waals surface area contributed by atoms with E-state index < -0.39 is 0 Å². The minimum Gasteiger partial charge on any atom is -0.394 e. The fourth-order valence-electron chi connectivity index (χ4n) is 2.19. The van der Waals surface area contributed by atoms with Crippen LogP contribution in [0.4, 0.5) is 0 Å². The van der Waals surface area contributed by atoms with Gasteiger partial charge in [-0.3, -0.25) is 4.79 Å². The number of hydrogen-bond donors (Lipinski definition) is 1. The van der Waals surface area contributed by atoms with Gasteiger partial charge in [-0.1, -0.05) is 6.92 Å². The topological polar surface area (TPSA) is 40.5 Å². The molecule has 0 aromatic heterocycles. The second-order valence-corrected chi connectivity index (χ2v) is 4.33. The van der Waals surface area contributed by atoms with Crippen molar-refractivity contribution in [1.82, 2.24) is 4.90 Å². The maximum atomic E-state index is 11.8. The van der Waals surface area contributed by atoms with Gasteiger partial charge in [0.1, 0.15) is 0 Å². The van der Waals surface area contributed by atoms with Gasteiger partial charge in [-0.15, -0.1) is 0 Å². The summed E-state index contributed by atoms with van der Waals surface area (Å²) in [7, 11) is 0. The van der Waals surface area contributed by atoms with Crippen molar-refractivity contribution in [2.45, 2.75) is 32.2 Å². The lowest BCUT2D eigenvalue weighted by Gasteiger charge is -2.23. The number of carbonyl (C=O) groups is 1. The second-order valence-electron chi connectivity index (χ2n) is 4.33. The Kier molecular flexibility index (Phi) is 2.28. The molecular formula is C10H17NO2. The second kappa shape index (κ2) is 3.29. The third kappa shape index (κ3) is 1.57. The molecule has 1 saturated carbocycles. The highest BCUT2D eigenvalue weighted by molar-refractivity contribution is 5.82. The Bertz CT molecular complexity index is 217. The van der Waals surface area contributed by atoms with Crippen molar-refractivity contribution in [1.29, 1.82) is 0 Å². The number of likely N-dealkylation sites (tertiary alicyclic amines) is 1. The molecule has 0 aromatic rings. The minimum absolute atomic E-state index is 0.111. The van der Waals surface area contributed by atoms with Gasteiger partial charge in [0, 0.05) is 12.5 Å². The van der Waals surface area contributed by atoms with Gasteiger partial charge in [0.2, 0.25) is 5.91 Å². The van der Waals surface area contributed by atoms with E-state index in [9.17, 15) is 4.79 Å². The van der Waals surface area contributed by atoms with Crippen molar-refractivity contribution in [3.63, 3.8) is 0 Å². The van der Waals surface area contributed by atoms with E-state index in [2.05, 4.69) is 6.92 Å². The molecule has 1 aliphatic carbocycles. The zero-order valence-electron chi connectivity index (χ0n) is 8.07. The third-order valence-electron chi connectivity index (χ3n) is 3.30. The van der Waals surface area contributed by atoms with E-state index in [0.717, 1.165) is 25.8 Å². The molecule has 0 aromatic carbocycles. The zero-order chi connectivity index (χ0) is 9.42. The summed E-state index contributed by atoms with van der Waals surface area (Å²) in [5.41, 5.74) is 0. The SMILES string of the molecule is CC1CC1C(=O)N1CCC[C@H]1CO. The number of carbonyl (C=O) groups excluding carboxylic acids is 1. The molecule has 1 amide bonds. The smallest absolute Gasteiger partial charge is 0.226 e. The number of hydrogen-bond acceptors (Lipinski definition) is 2. The van der Waals surface area contributed by atoms with Crippen LogP contribution in [0.3, 0.4) is 0 Å². The Morgan fingerprint density at radius 1 is 1.62 bits per heavy atom.